The first-order valence-corrected chi connectivity index (χ1v) is 9.02. The number of aromatic nitrogens is 3. The molecule has 27 heavy (non-hydrogen) atoms. The quantitative estimate of drug-likeness (QED) is 0.734. The fourth-order valence-corrected chi connectivity index (χ4v) is 3.32. The third-order valence-corrected chi connectivity index (χ3v) is 4.86. The van der Waals surface area contributed by atoms with Gasteiger partial charge in [0.15, 0.2) is 0 Å². The van der Waals surface area contributed by atoms with Crippen LogP contribution in [-0.2, 0) is 17.7 Å². The highest BCUT2D eigenvalue weighted by Crippen LogP contribution is 2.20. The summed E-state index contributed by atoms with van der Waals surface area (Å²) in [6, 6.07) is 5.11. The monoisotopic (exact) mass is 371 g/mol. The summed E-state index contributed by atoms with van der Waals surface area (Å²) in [7, 11) is 0. The zero-order valence-electron chi connectivity index (χ0n) is 15.3. The first-order valence-electron chi connectivity index (χ1n) is 9.02. The SMILES string of the molecule is CCc1noc(C)c1Cn1c(=O)[nH]c2ccc(OC3CCOC3)cc2c1=O. The van der Waals surface area contributed by atoms with Crippen molar-refractivity contribution in [1.82, 2.24) is 14.7 Å². The number of hydrogen-bond donors (Lipinski definition) is 1. The van der Waals surface area contributed by atoms with Crippen molar-refractivity contribution in [2.45, 2.75) is 39.3 Å². The minimum Gasteiger partial charge on any atom is -0.488 e. The van der Waals surface area contributed by atoms with Gasteiger partial charge in [-0.15, -0.1) is 0 Å². The molecule has 1 unspecified atom stereocenters. The van der Waals surface area contributed by atoms with Gasteiger partial charge in [0.25, 0.3) is 5.56 Å². The smallest absolute Gasteiger partial charge is 0.329 e. The van der Waals surface area contributed by atoms with E-state index in [2.05, 4.69) is 10.1 Å². The normalized spacial score (nSPS) is 16.9. The number of rotatable bonds is 5. The molecule has 2 aromatic heterocycles. The summed E-state index contributed by atoms with van der Waals surface area (Å²) >= 11 is 0. The number of hydrogen-bond acceptors (Lipinski definition) is 6. The van der Waals surface area contributed by atoms with Crippen LogP contribution < -0.4 is 16.0 Å². The summed E-state index contributed by atoms with van der Waals surface area (Å²) < 4.78 is 17.6. The molecule has 0 radical (unpaired) electrons. The Morgan fingerprint density at radius 1 is 1.37 bits per heavy atom. The molecule has 0 amide bonds. The van der Waals surface area contributed by atoms with E-state index in [-0.39, 0.29) is 18.2 Å². The summed E-state index contributed by atoms with van der Waals surface area (Å²) in [6.45, 7) is 5.06. The number of aryl methyl sites for hydroxylation is 2. The summed E-state index contributed by atoms with van der Waals surface area (Å²) in [6.07, 6.45) is 1.47. The van der Waals surface area contributed by atoms with E-state index in [1.807, 2.05) is 6.92 Å². The van der Waals surface area contributed by atoms with E-state index in [1.54, 1.807) is 25.1 Å². The highest BCUT2D eigenvalue weighted by Gasteiger charge is 2.19. The summed E-state index contributed by atoms with van der Waals surface area (Å²) in [5.41, 5.74) is 1.16. The van der Waals surface area contributed by atoms with Gasteiger partial charge in [-0.1, -0.05) is 12.1 Å². The van der Waals surface area contributed by atoms with Crippen LogP contribution in [0.5, 0.6) is 5.75 Å². The van der Waals surface area contributed by atoms with Gasteiger partial charge in [0.2, 0.25) is 0 Å². The van der Waals surface area contributed by atoms with E-state index >= 15 is 0 Å². The Morgan fingerprint density at radius 2 is 2.22 bits per heavy atom. The van der Waals surface area contributed by atoms with Crippen LogP contribution >= 0.6 is 0 Å². The molecular weight excluding hydrogens is 350 g/mol. The van der Waals surface area contributed by atoms with Gasteiger partial charge in [0.05, 0.1) is 36.4 Å². The average Bonchev–Trinajstić information content (AvgIpc) is 3.29. The van der Waals surface area contributed by atoms with Crippen molar-refractivity contribution in [3.63, 3.8) is 0 Å². The summed E-state index contributed by atoms with van der Waals surface area (Å²) in [5.74, 6) is 1.20. The lowest BCUT2D eigenvalue weighted by Crippen LogP contribution is -2.35. The van der Waals surface area contributed by atoms with Gasteiger partial charge in [-0.2, -0.15) is 0 Å². The average molecular weight is 371 g/mol. The lowest BCUT2D eigenvalue weighted by molar-refractivity contribution is 0.141. The third-order valence-electron chi connectivity index (χ3n) is 4.86. The standard InChI is InChI=1S/C19H21N3O5/c1-3-16-15(11(2)27-21-16)9-22-18(23)14-8-12(26-13-6-7-25-10-13)4-5-17(14)20-19(22)24/h4-5,8,13H,3,6-7,9-10H2,1-2H3,(H,20,24). The van der Waals surface area contributed by atoms with Crippen molar-refractivity contribution in [2.24, 2.45) is 0 Å². The highest BCUT2D eigenvalue weighted by molar-refractivity contribution is 5.78. The van der Waals surface area contributed by atoms with Crippen LogP contribution in [-0.4, -0.2) is 34.0 Å². The van der Waals surface area contributed by atoms with E-state index in [9.17, 15) is 9.59 Å². The molecule has 3 aromatic rings. The number of aromatic amines is 1. The Morgan fingerprint density at radius 3 is 2.96 bits per heavy atom. The van der Waals surface area contributed by atoms with Gasteiger partial charge in [0, 0.05) is 12.0 Å². The molecule has 8 heteroatoms. The van der Waals surface area contributed by atoms with Crippen molar-refractivity contribution in [2.75, 3.05) is 13.2 Å². The minimum absolute atomic E-state index is 0.0146. The van der Waals surface area contributed by atoms with Crippen molar-refractivity contribution in [3.05, 3.63) is 56.1 Å². The van der Waals surface area contributed by atoms with Crippen LogP contribution in [0.25, 0.3) is 10.9 Å². The molecule has 142 valence electrons. The zero-order chi connectivity index (χ0) is 19.0. The van der Waals surface area contributed by atoms with Crippen molar-refractivity contribution < 1.29 is 14.0 Å². The van der Waals surface area contributed by atoms with E-state index in [1.165, 1.54) is 4.57 Å². The molecule has 1 atom stereocenters. The Labute approximate surface area is 154 Å². The number of fused-ring (bicyclic) bond motifs is 1. The first-order chi connectivity index (χ1) is 13.1. The second-order valence-corrected chi connectivity index (χ2v) is 6.65. The maximum Gasteiger partial charge on any atom is 0.329 e. The lowest BCUT2D eigenvalue weighted by atomic mass is 10.1. The van der Waals surface area contributed by atoms with Gasteiger partial charge >= 0.3 is 5.69 Å². The van der Waals surface area contributed by atoms with E-state index < -0.39 is 5.69 Å². The Hall–Kier alpha value is -2.87. The summed E-state index contributed by atoms with van der Waals surface area (Å²) in [5, 5.41) is 4.39. The number of nitrogens with one attached hydrogen (secondary N) is 1. The van der Waals surface area contributed by atoms with Gasteiger partial charge in [-0.3, -0.25) is 9.36 Å². The molecule has 3 heterocycles. The third kappa shape index (κ3) is 3.28. The fourth-order valence-electron chi connectivity index (χ4n) is 3.32. The molecule has 1 aromatic carbocycles. The number of benzene rings is 1. The molecule has 0 bridgehead atoms. The molecule has 0 saturated carbocycles. The fraction of sp³-hybridized carbons (Fsp3) is 0.421. The second kappa shape index (κ2) is 7.03. The van der Waals surface area contributed by atoms with Crippen LogP contribution in [0.4, 0.5) is 0 Å². The molecular formula is C19H21N3O5. The molecule has 1 aliphatic rings. The van der Waals surface area contributed by atoms with Crippen LogP contribution in [0.3, 0.4) is 0 Å². The molecule has 1 aliphatic heterocycles. The topological polar surface area (TPSA) is 99.3 Å². The van der Waals surface area contributed by atoms with Crippen LogP contribution in [0.2, 0.25) is 0 Å². The predicted octanol–water partition coefficient (Wildman–Crippen LogP) is 1.76. The highest BCUT2D eigenvalue weighted by atomic mass is 16.5. The number of ether oxygens (including phenoxy) is 2. The van der Waals surface area contributed by atoms with Crippen molar-refractivity contribution >= 4 is 10.9 Å². The Kier molecular flexibility index (Phi) is 4.57. The maximum absolute atomic E-state index is 13.0. The zero-order valence-corrected chi connectivity index (χ0v) is 15.3. The Bertz CT molecular complexity index is 1090. The molecule has 1 saturated heterocycles. The van der Waals surface area contributed by atoms with E-state index in [0.29, 0.717) is 42.0 Å². The molecule has 0 spiro atoms. The van der Waals surface area contributed by atoms with Crippen molar-refractivity contribution in [3.8, 4) is 5.75 Å². The van der Waals surface area contributed by atoms with Gasteiger partial charge < -0.3 is 19.0 Å². The Balaban J connectivity index is 1.75. The minimum atomic E-state index is -0.465. The molecule has 4 rings (SSSR count). The lowest BCUT2D eigenvalue weighted by Gasteiger charge is -2.12. The number of H-pyrrole nitrogens is 1. The number of nitrogens with zero attached hydrogens (tertiary/aromatic N) is 2. The molecule has 8 nitrogen and oxygen atoms in total. The van der Waals surface area contributed by atoms with Crippen molar-refractivity contribution in [1.29, 1.82) is 0 Å². The maximum atomic E-state index is 13.0. The van der Waals surface area contributed by atoms with Crippen LogP contribution in [0.15, 0.2) is 32.3 Å². The van der Waals surface area contributed by atoms with Crippen LogP contribution in [0.1, 0.15) is 30.4 Å². The first kappa shape index (κ1) is 17.5. The van der Waals surface area contributed by atoms with E-state index in [4.69, 9.17) is 14.0 Å². The van der Waals surface area contributed by atoms with Crippen LogP contribution in [0, 0.1) is 6.92 Å². The van der Waals surface area contributed by atoms with Gasteiger partial charge in [-0.05, 0) is 31.5 Å². The van der Waals surface area contributed by atoms with Gasteiger partial charge in [-0.25, -0.2) is 4.79 Å². The molecule has 0 aliphatic carbocycles. The van der Waals surface area contributed by atoms with E-state index in [0.717, 1.165) is 17.7 Å². The summed E-state index contributed by atoms with van der Waals surface area (Å²) in [4.78, 5) is 28.2. The van der Waals surface area contributed by atoms with Gasteiger partial charge in [0.1, 0.15) is 17.6 Å². The largest absolute Gasteiger partial charge is 0.488 e. The second-order valence-electron chi connectivity index (χ2n) is 6.65. The molecule has 1 N–H and O–H groups in total. The predicted molar refractivity (Wildman–Crippen MR) is 98.4 cm³/mol. The molecule has 1 fully saturated rings.